The number of nitrogens with zero attached hydrogens (tertiary/aromatic N) is 4. The first-order valence-electron chi connectivity index (χ1n) is 18.7. The summed E-state index contributed by atoms with van der Waals surface area (Å²) in [6, 6.07) is 12.4. The van der Waals surface area contributed by atoms with Gasteiger partial charge in [0, 0.05) is 72.7 Å². The number of fused-ring (bicyclic) bond motifs is 3. The second-order valence-corrected chi connectivity index (χ2v) is 16.6. The van der Waals surface area contributed by atoms with Crippen molar-refractivity contribution in [2.24, 2.45) is 22.1 Å². The Morgan fingerprint density at radius 3 is 2.68 bits per heavy atom. The second kappa shape index (κ2) is 16.9. The van der Waals surface area contributed by atoms with Crippen LogP contribution in [-0.4, -0.2) is 104 Å². The summed E-state index contributed by atoms with van der Waals surface area (Å²) in [7, 11) is -2.03. The quantitative estimate of drug-likeness (QED) is 0.302. The Morgan fingerprint density at radius 1 is 1.04 bits per heavy atom. The summed E-state index contributed by atoms with van der Waals surface area (Å²) in [6.07, 6.45) is 10.4. The smallest absolute Gasteiger partial charge is 0.284 e. The molecule has 2 bridgehead atoms. The van der Waals surface area contributed by atoms with E-state index in [4.69, 9.17) is 25.8 Å². The topological polar surface area (TPSA) is 83.9 Å². The summed E-state index contributed by atoms with van der Waals surface area (Å²) in [4.78, 5) is 20.9. The predicted molar refractivity (Wildman–Crippen MR) is 200 cm³/mol. The monoisotopic (exact) mass is 724 g/mol. The molecule has 11 heteroatoms. The summed E-state index contributed by atoms with van der Waals surface area (Å²) >= 11 is 6.49. The number of benzene rings is 2. The van der Waals surface area contributed by atoms with Gasteiger partial charge in [0.2, 0.25) is 0 Å². The number of carbonyl (C=O) groups excluding carboxylic acids is 1. The van der Waals surface area contributed by atoms with E-state index in [0.717, 1.165) is 107 Å². The van der Waals surface area contributed by atoms with Crippen LogP contribution in [0.5, 0.6) is 5.75 Å². The predicted octanol–water partition coefficient (Wildman–Crippen LogP) is 5.89. The van der Waals surface area contributed by atoms with Gasteiger partial charge in [-0.3, -0.25) is 18.8 Å². The average Bonchev–Trinajstić information content (AvgIpc) is 3.09. The molecule has 5 atom stereocenters. The molecule has 4 aliphatic heterocycles. The van der Waals surface area contributed by atoms with Crippen molar-refractivity contribution >= 4 is 33.8 Å². The number of hydrogen-bond donors (Lipinski definition) is 1. The Kier molecular flexibility index (Phi) is 12.1. The molecule has 0 N–H and O–H groups in total. The summed E-state index contributed by atoms with van der Waals surface area (Å²) in [6.45, 7) is 11.9. The normalized spacial score (nSPS) is 29.9. The third-order valence-electron chi connectivity index (χ3n) is 11.3. The molecule has 50 heavy (non-hydrogen) atoms. The van der Waals surface area contributed by atoms with Crippen LogP contribution in [0.25, 0.3) is 0 Å². The Hall–Kier alpha value is -2.47. The molecular weight excluding hydrogens is 672 g/mol. The number of allylic oxidation sites excluding steroid dienone is 1. The largest absolute Gasteiger partial charge is 0.491 e. The zero-order chi connectivity index (χ0) is 34.5. The van der Waals surface area contributed by atoms with Gasteiger partial charge in [0.1, 0.15) is 5.75 Å². The Morgan fingerprint density at radius 2 is 1.90 bits per heavy atom. The average molecular weight is 725 g/mol. The van der Waals surface area contributed by atoms with Gasteiger partial charge in [-0.05, 0) is 97.7 Å². The zero-order valence-corrected chi connectivity index (χ0v) is 31.0. The van der Waals surface area contributed by atoms with Crippen LogP contribution in [0.15, 0.2) is 52.9 Å². The molecule has 3 fully saturated rings. The zero-order valence-electron chi connectivity index (χ0n) is 29.4. The number of rotatable bonds is 5. The third-order valence-corrected chi connectivity index (χ3v) is 12.9. The maximum absolute atomic E-state index is 13.4. The standard InChI is InChI=1S/C39H53ClN4O5S/c1-28-5-4-7-37(49-20-18-42-14-16-43(17-15-42)34-25-47-26-34)35-12-9-32(35)24-44-23-31-8-11-33(40)21-29(31)6-2-3-19-48-38-13-10-30(22-36(38)44)39(45)41-50(46)27-28/h4,7-8,10-11,13,21-22,28,32,34-35,37,50H,2-3,5-6,9,12,14-20,23-27H2,1H3/b7-4+/t28-,32-,35+,37-/m0/s1. The van der Waals surface area contributed by atoms with Crippen molar-refractivity contribution in [1.29, 1.82) is 0 Å². The van der Waals surface area contributed by atoms with E-state index in [1.807, 2.05) is 18.2 Å². The van der Waals surface area contributed by atoms with Crippen LogP contribution in [0.2, 0.25) is 5.02 Å². The van der Waals surface area contributed by atoms with Crippen LogP contribution in [0, 0.1) is 17.8 Å². The molecule has 0 spiro atoms. The molecule has 1 amide bonds. The lowest BCUT2D eigenvalue weighted by Crippen LogP contribution is -2.56. The van der Waals surface area contributed by atoms with Crippen molar-refractivity contribution in [2.45, 2.75) is 64.1 Å². The van der Waals surface area contributed by atoms with Crippen molar-refractivity contribution in [1.82, 2.24) is 9.80 Å². The molecule has 0 aromatic heterocycles. The summed E-state index contributed by atoms with van der Waals surface area (Å²) in [5.41, 5.74) is 3.83. The fourth-order valence-electron chi connectivity index (χ4n) is 8.00. The summed E-state index contributed by atoms with van der Waals surface area (Å²) in [5.74, 6) is 1.65. The van der Waals surface area contributed by atoms with Crippen molar-refractivity contribution < 1.29 is 23.2 Å². The van der Waals surface area contributed by atoms with Gasteiger partial charge in [-0.2, -0.15) is 4.36 Å². The molecule has 5 aliphatic rings. The third kappa shape index (κ3) is 8.93. The van der Waals surface area contributed by atoms with E-state index in [0.29, 0.717) is 49.0 Å². The van der Waals surface area contributed by atoms with Crippen molar-refractivity contribution in [2.75, 3.05) is 76.3 Å². The Balaban J connectivity index is 1.15. The maximum Gasteiger partial charge on any atom is 0.284 e. The van der Waals surface area contributed by atoms with Crippen molar-refractivity contribution in [3.8, 4) is 5.75 Å². The molecule has 2 aromatic carbocycles. The first-order valence-corrected chi connectivity index (χ1v) is 20.5. The molecule has 1 aliphatic carbocycles. The minimum atomic E-state index is -2.03. The SMILES string of the molecule is C[C@H]1C/C=C/[C@H](OCCN2CCN(C3COC3)CC2)[C@@H]2CC[C@H]2CN2Cc3ccc(Cl)cc3CCCCOc3ccc(cc32)C(=O)/N=[SH](=O)\C1. The van der Waals surface area contributed by atoms with Crippen LogP contribution in [-0.2, 0) is 33.0 Å². The van der Waals surface area contributed by atoms with E-state index >= 15 is 0 Å². The highest BCUT2D eigenvalue weighted by Gasteiger charge is 2.38. The molecular formula is C39H53ClN4O5S. The minimum absolute atomic E-state index is 0.0133. The molecule has 272 valence electrons. The minimum Gasteiger partial charge on any atom is -0.491 e. The van der Waals surface area contributed by atoms with Crippen LogP contribution in [0.1, 0.15) is 60.5 Å². The summed E-state index contributed by atoms with van der Waals surface area (Å²) in [5, 5.41) is 0.752. The van der Waals surface area contributed by atoms with Gasteiger partial charge < -0.3 is 19.1 Å². The van der Waals surface area contributed by atoms with Crippen LogP contribution in [0.3, 0.4) is 0 Å². The molecule has 9 nitrogen and oxygen atoms in total. The number of ether oxygens (including phenoxy) is 3. The molecule has 0 radical (unpaired) electrons. The van der Waals surface area contributed by atoms with Gasteiger partial charge in [0.25, 0.3) is 5.91 Å². The summed E-state index contributed by atoms with van der Waals surface area (Å²) < 4.78 is 35.8. The number of carbonyl (C=O) groups is 1. The molecule has 1 saturated carbocycles. The lowest BCUT2D eigenvalue weighted by molar-refractivity contribution is -0.0797. The second-order valence-electron chi connectivity index (χ2n) is 14.9. The fourth-order valence-corrected chi connectivity index (χ4v) is 9.28. The molecule has 4 heterocycles. The molecule has 7 rings (SSSR count). The van der Waals surface area contributed by atoms with Crippen molar-refractivity contribution in [3.05, 3.63) is 70.3 Å². The highest BCUT2D eigenvalue weighted by molar-refractivity contribution is 7.75. The molecule has 2 saturated heterocycles. The van der Waals surface area contributed by atoms with Crippen molar-refractivity contribution in [3.63, 3.8) is 0 Å². The highest BCUT2D eigenvalue weighted by Crippen LogP contribution is 2.42. The Labute approximate surface area is 304 Å². The van der Waals surface area contributed by atoms with Gasteiger partial charge in [-0.25, -0.2) is 0 Å². The number of amides is 1. The first-order chi connectivity index (χ1) is 24.4. The number of hydrogen-bond acceptors (Lipinski definition) is 8. The van der Waals surface area contributed by atoms with E-state index in [1.54, 1.807) is 6.07 Å². The van der Waals surface area contributed by atoms with Gasteiger partial charge in [0.05, 0.1) is 44.3 Å². The van der Waals surface area contributed by atoms with Gasteiger partial charge >= 0.3 is 0 Å². The number of thiol groups is 1. The molecule has 2 aromatic rings. The van der Waals surface area contributed by atoms with Crippen LogP contribution < -0.4 is 9.64 Å². The number of piperazine rings is 1. The number of aryl methyl sites for hydroxylation is 1. The van der Waals surface area contributed by atoms with E-state index in [9.17, 15) is 9.00 Å². The van der Waals surface area contributed by atoms with E-state index in [-0.39, 0.29) is 12.0 Å². The van der Waals surface area contributed by atoms with E-state index < -0.39 is 16.5 Å². The van der Waals surface area contributed by atoms with Gasteiger partial charge in [-0.1, -0.05) is 36.7 Å². The van der Waals surface area contributed by atoms with Gasteiger partial charge in [0.15, 0.2) is 0 Å². The van der Waals surface area contributed by atoms with E-state index in [2.05, 4.69) is 50.3 Å². The number of halogens is 1. The lowest BCUT2D eigenvalue weighted by Gasteiger charge is -2.44. The Bertz CT molecular complexity index is 1600. The maximum atomic E-state index is 13.4. The fraction of sp³-hybridized carbons (Fsp3) is 0.615. The lowest BCUT2D eigenvalue weighted by atomic mass is 9.70. The van der Waals surface area contributed by atoms with E-state index in [1.165, 1.54) is 11.1 Å². The molecule has 1 unspecified atom stereocenters. The van der Waals surface area contributed by atoms with Crippen LogP contribution in [0.4, 0.5) is 5.69 Å². The van der Waals surface area contributed by atoms with Crippen LogP contribution >= 0.6 is 11.6 Å². The number of anilines is 1. The van der Waals surface area contributed by atoms with Gasteiger partial charge in [-0.15, -0.1) is 0 Å². The highest BCUT2D eigenvalue weighted by atomic mass is 35.5. The first kappa shape index (κ1) is 35.9.